The predicted octanol–water partition coefficient (Wildman–Crippen LogP) is 4.25. The van der Waals surface area contributed by atoms with Gasteiger partial charge in [0.05, 0.1) is 0 Å². The first kappa shape index (κ1) is 9.55. The summed E-state index contributed by atoms with van der Waals surface area (Å²) in [5.41, 5.74) is 0.844. The monoisotopic (exact) mass is 180 g/mol. The molecule has 0 saturated heterocycles. The van der Waals surface area contributed by atoms with Crippen LogP contribution in [0.1, 0.15) is 59.3 Å². The molecule has 2 saturated carbocycles. The number of unbranched alkanes of at least 4 members (excludes halogenated alkanes) is 1. The van der Waals surface area contributed by atoms with Gasteiger partial charge in [0.25, 0.3) is 0 Å². The zero-order chi connectivity index (χ0) is 9.47. The van der Waals surface area contributed by atoms with Crippen molar-refractivity contribution in [3.63, 3.8) is 0 Å². The van der Waals surface area contributed by atoms with Gasteiger partial charge in [-0.1, -0.05) is 40.0 Å². The first-order chi connectivity index (χ1) is 6.30. The molecule has 2 aliphatic carbocycles. The molecule has 4 atom stereocenters. The van der Waals surface area contributed by atoms with E-state index in [-0.39, 0.29) is 0 Å². The number of fused-ring (bicyclic) bond motifs is 1. The van der Waals surface area contributed by atoms with E-state index in [1.54, 1.807) is 6.42 Å². The highest BCUT2D eigenvalue weighted by molar-refractivity contribution is 5.18. The second-order valence-electron chi connectivity index (χ2n) is 5.23. The molecule has 4 unspecified atom stereocenters. The van der Waals surface area contributed by atoms with Crippen LogP contribution in [0.2, 0.25) is 0 Å². The Balaban J connectivity index is 1.90. The Morgan fingerprint density at radius 1 is 1.23 bits per heavy atom. The SMILES string of the molecule is CCCCC1(CC)C2CC(CC)C21. The van der Waals surface area contributed by atoms with Crippen molar-refractivity contribution < 1.29 is 0 Å². The average Bonchev–Trinajstić information content (AvgIpc) is 2.63. The summed E-state index contributed by atoms with van der Waals surface area (Å²) in [5, 5.41) is 0. The Labute approximate surface area is 83.1 Å². The normalized spacial score (nSPS) is 46.8. The summed E-state index contributed by atoms with van der Waals surface area (Å²) in [5.74, 6) is 3.44. The minimum absolute atomic E-state index is 0.844. The largest absolute Gasteiger partial charge is 0.0654 e. The van der Waals surface area contributed by atoms with E-state index in [1.165, 1.54) is 32.1 Å². The first-order valence-corrected chi connectivity index (χ1v) is 6.30. The lowest BCUT2D eigenvalue weighted by atomic mass is 9.83. The van der Waals surface area contributed by atoms with Gasteiger partial charge in [0.1, 0.15) is 0 Å². The van der Waals surface area contributed by atoms with Crippen LogP contribution in [0.3, 0.4) is 0 Å². The molecule has 13 heavy (non-hydrogen) atoms. The van der Waals surface area contributed by atoms with Crippen molar-refractivity contribution in [2.45, 2.75) is 59.3 Å². The molecule has 0 spiro atoms. The van der Waals surface area contributed by atoms with Gasteiger partial charge in [-0.15, -0.1) is 0 Å². The molecule has 0 aromatic carbocycles. The van der Waals surface area contributed by atoms with Crippen molar-refractivity contribution in [2.24, 2.45) is 23.2 Å². The van der Waals surface area contributed by atoms with E-state index in [4.69, 9.17) is 0 Å². The van der Waals surface area contributed by atoms with Crippen LogP contribution in [0.5, 0.6) is 0 Å². The zero-order valence-electron chi connectivity index (χ0n) is 9.47. The molecule has 2 aliphatic rings. The lowest BCUT2D eigenvalue weighted by molar-refractivity contribution is 0.276. The summed E-state index contributed by atoms with van der Waals surface area (Å²) in [6, 6.07) is 0. The molecule has 0 aliphatic heterocycles. The third kappa shape index (κ3) is 1.17. The molecular weight excluding hydrogens is 156 g/mol. The third-order valence-corrected chi connectivity index (χ3v) is 4.97. The van der Waals surface area contributed by atoms with Crippen LogP contribution < -0.4 is 0 Å². The Morgan fingerprint density at radius 3 is 2.46 bits per heavy atom. The van der Waals surface area contributed by atoms with Crippen molar-refractivity contribution >= 4 is 0 Å². The van der Waals surface area contributed by atoms with Crippen LogP contribution in [0.15, 0.2) is 0 Å². The quantitative estimate of drug-likeness (QED) is 0.593. The minimum atomic E-state index is 0.844. The van der Waals surface area contributed by atoms with Crippen molar-refractivity contribution in [1.82, 2.24) is 0 Å². The smallest absolute Gasteiger partial charge is 0.0235 e. The average molecular weight is 180 g/mol. The molecule has 0 aromatic rings. The Bertz CT molecular complexity index is 184. The Hall–Kier alpha value is 0. The van der Waals surface area contributed by atoms with E-state index >= 15 is 0 Å². The number of hydrogen-bond donors (Lipinski definition) is 0. The maximum absolute atomic E-state index is 2.42. The van der Waals surface area contributed by atoms with Crippen LogP contribution >= 0.6 is 0 Å². The van der Waals surface area contributed by atoms with Crippen molar-refractivity contribution in [1.29, 1.82) is 0 Å². The highest BCUT2D eigenvalue weighted by Gasteiger charge is 2.70. The first-order valence-electron chi connectivity index (χ1n) is 6.30. The van der Waals surface area contributed by atoms with Gasteiger partial charge < -0.3 is 0 Å². The second-order valence-corrected chi connectivity index (χ2v) is 5.23. The molecule has 76 valence electrons. The van der Waals surface area contributed by atoms with Gasteiger partial charge in [-0.25, -0.2) is 0 Å². The molecule has 0 amide bonds. The van der Waals surface area contributed by atoms with Gasteiger partial charge >= 0.3 is 0 Å². The number of rotatable bonds is 5. The van der Waals surface area contributed by atoms with Gasteiger partial charge in [0, 0.05) is 0 Å². The highest BCUT2D eigenvalue weighted by Crippen LogP contribution is 2.77. The van der Waals surface area contributed by atoms with Gasteiger partial charge in [-0.2, -0.15) is 0 Å². The van der Waals surface area contributed by atoms with Gasteiger partial charge in [0.15, 0.2) is 0 Å². The second kappa shape index (κ2) is 3.29. The van der Waals surface area contributed by atoms with Gasteiger partial charge in [-0.05, 0) is 42.4 Å². The molecule has 0 heteroatoms. The Kier molecular flexibility index (Phi) is 2.42. The lowest BCUT2D eigenvalue weighted by Crippen LogP contribution is -2.14. The summed E-state index contributed by atoms with van der Waals surface area (Å²) >= 11 is 0. The van der Waals surface area contributed by atoms with Crippen LogP contribution in [0.25, 0.3) is 0 Å². The zero-order valence-corrected chi connectivity index (χ0v) is 9.47. The molecule has 0 bridgehead atoms. The topological polar surface area (TPSA) is 0 Å². The van der Waals surface area contributed by atoms with Crippen molar-refractivity contribution in [3.8, 4) is 0 Å². The molecule has 0 nitrogen and oxygen atoms in total. The molecule has 2 rings (SSSR count). The summed E-state index contributed by atoms with van der Waals surface area (Å²) in [6.07, 6.45) is 8.85. The highest BCUT2D eigenvalue weighted by atomic mass is 14.7. The summed E-state index contributed by atoms with van der Waals surface area (Å²) < 4.78 is 0. The Morgan fingerprint density at radius 2 is 2.00 bits per heavy atom. The molecule has 0 heterocycles. The van der Waals surface area contributed by atoms with Gasteiger partial charge in [-0.3, -0.25) is 0 Å². The van der Waals surface area contributed by atoms with E-state index in [0.29, 0.717) is 0 Å². The van der Waals surface area contributed by atoms with Crippen LogP contribution in [-0.2, 0) is 0 Å². The summed E-state index contributed by atoms with van der Waals surface area (Å²) in [7, 11) is 0. The van der Waals surface area contributed by atoms with E-state index < -0.39 is 0 Å². The molecule has 0 aromatic heterocycles. The van der Waals surface area contributed by atoms with Crippen LogP contribution in [-0.4, -0.2) is 0 Å². The molecule has 2 fully saturated rings. The third-order valence-electron chi connectivity index (χ3n) is 4.97. The van der Waals surface area contributed by atoms with Crippen LogP contribution in [0.4, 0.5) is 0 Å². The van der Waals surface area contributed by atoms with E-state index in [1.807, 2.05) is 0 Å². The maximum Gasteiger partial charge on any atom is -0.0235 e. The fraction of sp³-hybridized carbons (Fsp3) is 1.00. The van der Waals surface area contributed by atoms with Crippen molar-refractivity contribution in [3.05, 3.63) is 0 Å². The molecule has 0 N–H and O–H groups in total. The van der Waals surface area contributed by atoms with E-state index in [2.05, 4.69) is 20.8 Å². The van der Waals surface area contributed by atoms with E-state index in [9.17, 15) is 0 Å². The van der Waals surface area contributed by atoms with Crippen LogP contribution in [0, 0.1) is 23.2 Å². The predicted molar refractivity (Wildman–Crippen MR) is 57.6 cm³/mol. The lowest BCUT2D eigenvalue weighted by Gasteiger charge is -2.22. The molecular formula is C13H24. The summed E-state index contributed by atoms with van der Waals surface area (Å²) in [4.78, 5) is 0. The van der Waals surface area contributed by atoms with Gasteiger partial charge in [0.2, 0.25) is 0 Å². The fourth-order valence-corrected chi connectivity index (χ4v) is 4.02. The minimum Gasteiger partial charge on any atom is -0.0654 e. The molecule has 0 radical (unpaired) electrons. The summed E-state index contributed by atoms with van der Waals surface area (Å²) in [6.45, 7) is 7.12. The maximum atomic E-state index is 2.42. The fourth-order valence-electron chi connectivity index (χ4n) is 4.02. The number of hydrogen-bond acceptors (Lipinski definition) is 0. The standard InChI is InChI=1S/C13H24/c1-4-7-8-13(6-3)11-9-10(5-2)12(11)13/h10-12H,4-9H2,1-3H3. The van der Waals surface area contributed by atoms with E-state index in [0.717, 1.165) is 23.2 Å². The van der Waals surface area contributed by atoms with Crippen molar-refractivity contribution in [2.75, 3.05) is 0 Å².